The molecule has 1 heterocycles. The predicted octanol–water partition coefficient (Wildman–Crippen LogP) is -3.12. The van der Waals surface area contributed by atoms with Gasteiger partial charge in [-0.3, -0.25) is 0 Å². The van der Waals surface area contributed by atoms with Gasteiger partial charge < -0.3 is 14.8 Å². The molecule has 0 fully saturated rings. The molecule has 0 amide bonds. The number of aromatic nitrogens is 3. The first-order valence-electron chi connectivity index (χ1n) is 4.44. The van der Waals surface area contributed by atoms with E-state index in [2.05, 4.69) is 15.0 Å². The summed E-state index contributed by atoms with van der Waals surface area (Å²) in [6.45, 7) is 0. The van der Waals surface area contributed by atoms with Crippen molar-refractivity contribution in [2.24, 2.45) is 0 Å². The minimum Gasteiger partial charge on any atom is -0.744 e. The molecule has 0 aliphatic rings. The normalized spacial score (nSPS) is 9.74. The van der Waals surface area contributed by atoms with Gasteiger partial charge in [-0.25, -0.2) is 23.4 Å². The summed E-state index contributed by atoms with van der Waals surface area (Å²) in [5.41, 5.74) is 0. The smallest absolute Gasteiger partial charge is 0.744 e. The molecule has 0 aliphatic carbocycles. The Bertz CT molecular complexity index is 582. The molecule has 0 radical (unpaired) electrons. The molecule has 19 heavy (non-hydrogen) atoms. The summed E-state index contributed by atoms with van der Waals surface area (Å²) in [5.74, 6) is -1.05. The largest absolute Gasteiger partial charge is 1.00 e. The molecule has 0 saturated heterocycles. The van der Waals surface area contributed by atoms with Crippen LogP contribution in [0.15, 0.2) is 42.1 Å². The van der Waals surface area contributed by atoms with Crippen molar-refractivity contribution in [2.75, 3.05) is 0 Å². The van der Waals surface area contributed by atoms with Crippen molar-refractivity contribution in [1.82, 2.24) is 15.0 Å². The molecule has 2 N–H and O–H groups in total. The van der Waals surface area contributed by atoms with Gasteiger partial charge in [0, 0.05) is 6.07 Å². The third kappa shape index (κ3) is 6.91. The molecule has 0 saturated carbocycles. The van der Waals surface area contributed by atoms with E-state index in [1.165, 1.54) is 19.0 Å². The van der Waals surface area contributed by atoms with Crippen molar-refractivity contribution in [1.29, 1.82) is 0 Å². The number of rotatable bonds is 1. The van der Waals surface area contributed by atoms with E-state index in [4.69, 9.17) is 10.2 Å². The van der Waals surface area contributed by atoms with Crippen LogP contribution in [0, 0.1) is 0 Å². The molecule has 1 aromatic carbocycles. The molecule has 0 atom stereocenters. The van der Waals surface area contributed by atoms with Crippen LogP contribution in [0.1, 0.15) is 0 Å². The van der Waals surface area contributed by atoms with Crippen molar-refractivity contribution in [3.8, 4) is 11.5 Å². The zero-order chi connectivity index (χ0) is 13.6. The number of hydrogen-bond acceptors (Lipinski definition) is 8. The monoisotopic (exact) mass is 309 g/mol. The molecular weight excluding hydrogens is 301 g/mol. The quantitative estimate of drug-likeness (QED) is 0.321. The third-order valence-corrected chi connectivity index (χ3v) is 2.48. The Kier molecular flexibility index (Phi) is 8.25. The van der Waals surface area contributed by atoms with E-state index in [0.29, 0.717) is 6.07 Å². The molecule has 96 valence electrons. The van der Waals surface area contributed by atoms with Crippen LogP contribution in [0.5, 0.6) is 11.5 Å². The van der Waals surface area contributed by atoms with E-state index in [1.807, 2.05) is 0 Å². The van der Waals surface area contributed by atoms with E-state index in [9.17, 15) is 13.0 Å². The van der Waals surface area contributed by atoms with E-state index >= 15 is 0 Å². The third-order valence-electron chi connectivity index (χ3n) is 1.61. The summed E-state index contributed by atoms with van der Waals surface area (Å²) in [6, 6.07) is 2.70. The minimum atomic E-state index is -4.72. The van der Waals surface area contributed by atoms with Gasteiger partial charge in [-0.05, 0) is 12.1 Å². The van der Waals surface area contributed by atoms with Crippen LogP contribution in [0.25, 0.3) is 0 Å². The summed E-state index contributed by atoms with van der Waals surface area (Å²) < 4.78 is 31.1. The Hall–Kier alpha value is -0.624. The number of nitrogens with zero attached hydrogens (tertiary/aromatic N) is 3. The van der Waals surface area contributed by atoms with E-state index in [0.717, 1.165) is 12.1 Å². The number of aromatic hydroxyl groups is 2. The predicted molar refractivity (Wildman–Crippen MR) is 57.6 cm³/mol. The summed E-state index contributed by atoms with van der Waals surface area (Å²) >= 11 is 0. The van der Waals surface area contributed by atoms with Crippen LogP contribution in [0.4, 0.5) is 0 Å². The second kappa shape index (κ2) is 8.53. The van der Waals surface area contributed by atoms with Gasteiger partial charge in [0.25, 0.3) is 0 Å². The Morgan fingerprint density at radius 2 is 1.47 bits per heavy atom. The van der Waals surface area contributed by atoms with Crippen LogP contribution in [-0.2, 0) is 10.1 Å². The average Bonchev–Trinajstić information content (AvgIpc) is 2.34. The summed E-state index contributed by atoms with van der Waals surface area (Å²) in [7, 11) is -4.72. The maximum Gasteiger partial charge on any atom is 1.00 e. The van der Waals surface area contributed by atoms with Crippen LogP contribution < -0.4 is 51.4 Å². The van der Waals surface area contributed by atoms with Crippen molar-refractivity contribution in [2.45, 2.75) is 4.90 Å². The number of hydrogen-bond donors (Lipinski definition) is 2. The minimum absolute atomic E-state index is 0. The molecule has 2 aromatic rings. The molecule has 10 heteroatoms. The van der Waals surface area contributed by atoms with Gasteiger partial charge in [-0.2, -0.15) is 0 Å². The average molecular weight is 309 g/mol. The molecule has 0 unspecified atom stereocenters. The first kappa shape index (κ1) is 18.4. The molecule has 8 nitrogen and oxygen atoms in total. The van der Waals surface area contributed by atoms with Gasteiger partial charge in [0.05, 0.1) is 4.90 Å². The second-order valence-electron chi connectivity index (χ2n) is 2.90. The first-order chi connectivity index (χ1) is 8.41. The van der Waals surface area contributed by atoms with Crippen molar-refractivity contribution in [3.05, 3.63) is 37.2 Å². The fraction of sp³-hybridized carbons (Fsp3) is 0. The van der Waals surface area contributed by atoms with E-state index < -0.39 is 20.8 Å². The zero-order valence-electron chi connectivity index (χ0n) is 9.83. The fourth-order valence-corrected chi connectivity index (χ4v) is 1.50. The Balaban J connectivity index is 0.000000392. The molecule has 1 aromatic heterocycles. The second-order valence-corrected chi connectivity index (χ2v) is 4.25. The summed E-state index contributed by atoms with van der Waals surface area (Å²) in [6.07, 6.45) is 4.31. The molecule has 0 bridgehead atoms. The van der Waals surface area contributed by atoms with Crippen LogP contribution in [-0.4, -0.2) is 38.1 Å². The summed E-state index contributed by atoms with van der Waals surface area (Å²) in [5, 5.41) is 17.7. The zero-order valence-corrected chi connectivity index (χ0v) is 13.8. The Morgan fingerprint density at radius 3 is 1.79 bits per heavy atom. The van der Waals surface area contributed by atoms with Gasteiger partial charge >= 0.3 is 51.4 Å². The van der Waals surface area contributed by atoms with Gasteiger partial charge in [-0.1, -0.05) is 0 Å². The van der Waals surface area contributed by atoms with Crippen molar-refractivity contribution < 1.29 is 74.6 Å². The van der Waals surface area contributed by atoms with Crippen molar-refractivity contribution in [3.63, 3.8) is 0 Å². The Labute approximate surface area is 151 Å². The van der Waals surface area contributed by atoms with Gasteiger partial charge in [0.2, 0.25) is 0 Å². The Morgan fingerprint density at radius 1 is 1.00 bits per heavy atom. The topological polar surface area (TPSA) is 136 Å². The van der Waals surface area contributed by atoms with E-state index in [-0.39, 0.29) is 57.1 Å². The first-order valence-corrected chi connectivity index (χ1v) is 5.85. The van der Waals surface area contributed by atoms with Gasteiger partial charge in [0.1, 0.15) is 40.6 Å². The maximum atomic E-state index is 10.4. The van der Waals surface area contributed by atoms with Crippen LogP contribution in [0.3, 0.4) is 0 Å². The molecular formula is C9H8KN3O5S. The number of phenols is 2. The maximum absolute atomic E-state index is 10.4. The SMILES string of the molecule is O=S(=O)([O-])c1cc(O)ccc1O.[K+].c1ncncn1. The van der Waals surface area contributed by atoms with Gasteiger partial charge in [0.15, 0.2) is 0 Å². The fourth-order valence-electron chi connectivity index (χ4n) is 0.908. The molecule has 2 rings (SSSR count). The molecule has 0 aliphatic heterocycles. The number of benzene rings is 1. The molecule has 0 spiro atoms. The number of phenolic OH excluding ortho intramolecular Hbond substituents is 2. The van der Waals surface area contributed by atoms with Crippen molar-refractivity contribution >= 4 is 10.1 Å². The van der Waals surface area contributed by atoms with Crippen LogP contribution in [0.2, 0.25) is 0 Å². The standard InChI is InChI=1S/C6H6O5S.C3H3N3.K/c7-4-1-2-5(8)6(3-4)12(9,10)11;1-4-2-6-3-5-1;/h1-3,7-8H,(H,9,10,11);1-3H;/q;;+1/p-1. The van der Waals surface area contributed by atoms with Crippen LogP contribution >= 0.6 is 0 Å². The van der Waals surface area contributed by atoms with E-state index in [1.54, 1.807) is 0 Å². The van der Waals surface area contributed by atoms with Gasteiger partial charge in [-0.15, -0.1) is 0 Å². The summed E-state index contributed by atoms with van der Waals surface area (Å²) in [4.78, 5) is 9.87.